The van der Waals surface area contributed by atoms with Gasteiger partial charge in [-0.05, 0) is 11.1 Å². The van der Waals surface area contributed by atoms with Gasteiger partial charge in [-0.15, -0.1) is 0 Å². The molecule has 0 spiro atoms. The monoisotopic (exact) mass is 344 g/mol. The molecule has 1 heterocycles. The van der Waals surface area contributed by atoms with Crippen LogP contribution in [0.3, 0.4) is 0 Å². The molecule has 0 saturated heterocycles. The van der Waals surface area contributed by atoms with Gasteiger partial charge in [0, 0.05) is 24.5 Å². The van der Waals surface area contributed by atoms with Gasteiger partial charge in [0.2, 0.25) is 0 Å². The Labute approximate surface area is 143 Å². The molecule has 0 fully saturated rings. The largest absolute Gasteiger partial charge is 0.466 e. The Balaban J connectivity index is 1.77. The smallest absolute Gasteiger partial charge is 0.419 e. The van der Waals surface area contributed by atoms with Crippen molar-refractivity contribution in [2.45, 2.75) is 13.2 Å². The Morgan fingerprint density at radius 2 is 1.60 bits per heavy atom. The first-order chi connectivity index (χ1) is 12.1. The average Bonchev–Trinajstić information content (AvgIpc) is 3.18. The first kappa shape index (κ1) is 17.9. The molecule has 2 rings (SSSR count). The summed E-state index contributed by atoms with van der Waals surface area (Å²) in [6.07, 6.45) is 5.80. The lowest BCUT2D eigenvalue weighted by Gasteiger charge is -2.06. The van der Waals surface area contributed by atoms with Crippen molar-refractivity contribution >= 4 is 18.0 Å². The van der Waals surface area contributed by atoms with Crippen molar-refractivity contribution < 1.29 is 28.6 Å². The van der Waals surface area contributed by atoms with Crippen LogP contribution in [0.2, 0.25) is 0 Å². The summed E-state index contributed by atoms with van der Waals surface area (Å²) in [5.74, 6) is -1.28. The van der Waals surface area contributed by atoms with E-state index >= 15 is 0 Å². The fraction of sp³-hybridized carbons (Fsp3) is 0.176. The van der Waals surface area contributed by atoms with Gasteiger partial charge < -0.3 is 14.2 Å². The fourth-order valence-corrected chi connectivity index (χ4v) is 1.73. The van der Waals surface area contributed by atoms with Crippen molar-refractivity contribution in [3.63, 3.8) is 0 Å². The van der Waals surface area contributed by atoms with Crippen molar-refractivity contribution in [1.29, 1.82) is 0 Å². The van der Waals surface area contributed by atoms with Gasteiger partial charge in [-0.25, -0.2) is 23.9 Å². The van der Waals surface area contributed by atoms with Crippen LogP contribution in [0.1, 0.15) is 11.1 Å². The van der Waals surface area contributed by atoms with Gasteiger partial charge in [0.15, 0.2) is 0 Å². The molecule has 0 bridgehead atoms. The highest BCUT2D eigenvalue weighted by atomic mass is 16.5. The number of ether oxygens (including phenoxy) is 3. The van der Waals surface area contributed by atoms with Crippen LogP contribution in [-0.2, 0) is 37.0 Å². The van der Waals surface area contributed by atoms with Crippen LogP contribution in [0.4, 0.5) is 4.79 Å². The Hall–Kier alpha value is -3.42. The highest BCUT2D eigenvalue weighted by Gasteiger charge is 2.05. The summed E-state index contributed by atoms with van der Waals surface area (Å²) in [7, 11) is 1.21. The van der Waals surface area contributed by atoms with E-state index in [9.17, 15) is 14.4 Å². The number of carbonyl (C=O) groups is 3. The summed E-state index contributed by atoms with van der Waals surface area (Å²) < 4.78 is 15.7. The predicted molar refractivity (Wildman–Crippen MR) is 85.2 cm³/mol. The normalized spacial score (nSPS) is 10.4. The first-order valence-electron chi connectivity index (χ1n) is 7.24. The lowest BCUT2D eigenvalue weighted by atomic mass is 10.1. The quantitative estimate of drug-likeness (QED) is 0.448. The van der Waals surface area contributed by atoms with Crippen molar-refractivity contribution in [2.24, 2.45) is 0 Å². The molecular formula is C17H16N2O6. The van der Waals surface area contributed by atoms with Crippen LogP contribution in [0.5, 0.6) is 0 Å². The Kier molecular flexibility index (Phi) is 6.47. The van der Waals surface area contributed by atoms with E-state index in [4.69, 9.17) is 9.47 Å². The standard InChI is InChI=1S/C17H16N2O6/c1-23-15(20)6-7-16(21)24-10-13-2-4-14(5-3-13)11-25-17(22)19-9-8-18-12-19/h2-9,12H,10-11H2,1H3/b7-6+. The van der Waals surface area contributed by atoms with E-state index in [1.54, 1.807) is 24.3 Å². The molecule has 8 heteroatoms. The van der Waals surface area contributed by atoms with Crippen LogP contribution in [-0.4, -0.2) is 34.7 Å². The van der Waals surface area contributed by atoms with Gasteiger partial charge in [0.05, 0.1) is 7.11 Å². The van der Waals surface area contributed by atoms with Gasteiger partial charge in [0.1, 0.15) is 19.5 Å². The van der Waals surface area contributed by atoms with Crippen molar-refractivity contribution in [3.8, 4) is 0 Å². The Morgan fingerprint density at radius 3 is 2.16 bits per heavy atom. The molecule has 0 unspecified atom stereocenters. The van der Waals surface area contributed by atoms with Gasteiger partial charge in [-0.3, -0.25) is 0 Å². The van der Waals surface area contributed by atoms with E-state index in [1.807, 2.05) is 0 Å². The molecule has 1 aromatic carbocycles. The molecule has 0 N–H and O–H groups in total. The van der Waals surface area contributed by atoms with Crippen LogP contribution < -0.4 is 0 Å². The molecule has 0 aliphatic carbocycles. The number of hydrogen-bond donors (Lipinski definition) is 0. The van der Waals surface area contributed by atoms with Gasteiger partial charge >= 0.3 is 18.0 Å². The molecule has 0 aliphatic rings. The molecule has 25 heavy (non-hydrogen) atoms. The zero-order chi connectivity index (χ0) is 18.1. The molecular weight excluding hydrogens is 328 g/mol. The Bertz CT molecular complexity index is 750. The zero-order valence-corrected chi connectivity index (χ0v) is 13.5. The second-order valence-electron chi connectivity index (χ2n) is 4.81. The van der Waals surface area contributed by atoms with Gasteiger partial charge in [-0.2, -0.15) is 0 Å². The van der Waals surface area contributed by atoms with E-state index < -0.39 is 18.0 Å². The van der Waals surface area contributed by atoms with Crippen LogP contribution >= 0.6 is 0 Å². The maximum Gasteiger partial charge on any atom is 0.419 e. The minimum absolute atomic E-state index is 0.0550. The maximum atomic E-state index is 11.7. The van der Waals surface area contributed by atoms with Crippen molar-refractivity contribution in [3.05, 3.63) is 66.3 Å². The summed E-state index contributed by atoms with van der Waals surface area (Å²) in [4.78, 5) is 37.7. The minimum Gasteiger partial charge on any atom is -0.466 e. The number of hydrogen-bond acceptors (Lipinski definition) is 7. The first-order valence-corrected chi connectivity index (χ1v) is 7.24. The summed E-state index contributed by atoms with van der Waals surface area (Å²) in [5, 5.41) is 0. The number of benzene rings is 1. The van der Waals surface area contributed by atoms with E-state index in [1.165, 1.54) is 30.4 Å². The topological polar surface area (TPSA) is 96.7 Å². The molecule has 2 aromatic rings. The number of methoxy groups -OCH3 is 1. The van der Waals surface area contributed by atoms with E-state index in [2.05, 4.69) is 9.72 Å². The minimum atomic E-state index is -0.649. The lowest BCUT2D eigenvalue weighted by molar-refractivity contribution is -0.140. The number of rotatable bonds is 6. The molecule has 0 saturated carbocycles. The van der Waals surface area contributed by atoms with E-state index in [0.717, 1.165) is 23.3 Å². The zero-order valence-electron chi connectivity index (χ0n) is 13.5. The van der Waals surface area contributed by atoms with Crippen molar-refractivity contribution in [1.82, 2.24) is 9.55 Å². The molecule has 8 nitrogen and oxygen atoms in total. The SMILES string of the molecule is COC(=O)/C=C/C(=O)OCc1ccc(COC(=O)n2ccnc2)cc1. The van der Waals surface area contributed by atoms with Crippen LogP contribution in [0, 0.1) is 0 Å². The van der Waals surface area contributed by atoms with Crippen LogP contribution in [0.15, 0.2) is 55.1 Å². The molecule has 0 radical (unpaired) electrons. The van der Waals surface area contributed by atoms with Gasteiger partial charge in [-0.1, -0.05) is 24.3 Å². The summed E-state index contributed by atoms with van der Waals surface area (Å²) in [6.45, 7) is 0.165. The van der Waals surface area contributed by atoms with E-state index in [0.29, 0.717) is 0 Å². The lowest BCUT2D eigenvalue weighted by Crippen LogP contribution is -2.11. The van der Waals surface area contributed by atoms with Gasteiger partial charge in [0.25, 0.3) is 0 Å². The Morgan fingerprint density at radius 1 is 1.00 bits per heavy atom. The van der Waals surface area contributed by atoms with E-state index in [-0.39, 0.29) is 13.2 Å². The second-order valence-corrected chi connectivity index (χ2v) is 4.81. The summed E-state index contributed by atoms with van der Waals surface area (Å²) in [5.41, 5.74) is 1.54. The fourth-order valence-electron chi connectivity index (χ4n) is 1.73. The third kappa shape index (κ3) is 5.94. The number of carbonyl (C=O) groups excluding carboxylic acids is 3. The van der Waals surface area contributed by atoms with Crippen LogP contribution in [0.25, 0.3) is 0 Å². The maximum absolute atomic E-state index is 11.7. The number of aromatic nitrogens is 2. The third-order valence-corrected chi connectivity index (χ3v) is 3.04. The molecule has 0 aliphatic heterocycles. The summed E-state index contributed by atoms with van der Waals surface area (Å²) in [6, 6.07) is 7.01. The predicted octanol–water partition coefficient (Wildman–Crippen LogP) is 1.84. The number of nitrogens with zero attached hydrogens (tertiary/aromatic N) is 2. The molecule has 0 amide bonds. The molecule has 1 aromatic heterocycles. The highest BCUT2D eigenvalue weighted by Crippen LogP contribution is 2.08. The number of esters is 2. The average molecular weight is 344 g/mol. The summed E-state index contributed by atoms with van der Waals surface area (Å²) >= 11 is 0. The number of imidazole rings is 1. The molecule has 130 valence electrons. The second kappa shape index (κ2) is 9.02. The van der Waals surface area contributed by atoms with Crippen molar-refractivity contribution in [2.75, 3.05) is 7.11 Å². The molecule has 0 atom stereocenters. The third-order valence-electron chi connectivity index (χ3n) is 3.04. The highest BCUT2D eigenvalue weighted by molar-refractivity contribution is 5.91.